The number of aromatic nitrogens is 2. The number of nitrogens with zero attached hydrogens (tertiary/aromatic N) is 4. The standard InChI is InChI=1S/C23H26ClIN6O4S/c1-30(2)36(32,33)21-7-5-4-6-19(21)27-22-17(24)13-26-23(29-22)28-18-9-8-15(12-20(18)34-3)35-16-10-11-31(25)14-16/h4-9,12-13,16H,10-11,14H2,1-3H3,(H2,26,27,28,29)/t16-/m0/s1. The zero-order valence-corrected chi connectivity index (χ0v) is 23.6. The average molecular weight is 645 g/mol. The summed E-state index contributed by atoms with van der Waals surface area (Å²) < 4.78 is 40.5. The Balaban J connectivity index is 1.56. The molecule has 0 bridgehead atoms. The Hall–Kier alpha value is -2.39. The first-order valence-electron chi connectivity index (χ1n) is 11.0. The molecule has 1 aliphatic rings. The first-order chi connectivity index (χ1) is 17.2. The molecule has 0 radical (unpaired) electrons. The van der Waals surface area contributed by atoms with Gasteiger partial charge in [-0.05, 0) is 30.7 Å². The first kappa shape index (κ1) is 26.7. The monoisotopic (exact) mass is 644 g/mol. The molecule has 1 aromatic heterocycles. The zero-order valence-electron chi connectivity index (χ0n) is 19.9. The molecule has 13 heteroatoms. The fourth-order valence-electron chi connectivity index (χ4n) is 3.58. The van der Waals surface area contributed by atoms with E-state index in [2.05, 4.69) is 46.6 Å². The molecular formula is C23H26ClIN6O4S. The molecule has 1 saturated heterocycles. The molecule has 1 atom stereocenters. The average Bonchev–Trinajstić information content (AvgIpc) is 3.26. The smallest absolute Gasteiger partial charge is 0.244 e. The van der Waals surface area contributed by atoms with Crippen molar-refractivity contribution in [3.63, 3.8) is 0 Å². The van der Waals surface area contributed by atoms with Crippen LogP contribution >= 0.6 is 34.5 Å². The summed E-state index contributed by atoms with van der Waals surface area (Å²) in [5, 5.41) is 6.39. The number of para-hydroxylation sites is 1. The molecule has 0 saturated carbocycles. The van der Waals surface area contributed by atoms with Gasteiger partial charge in [0.15, 0.2) is 5.82 Å². The van der Waals surface area contributed by atoms with Crippen molar-refractivity contribution in [2.75, 3.05) is 44.9 Å². The number of hydrogen-bond acceptors (Lipinski definition) is 9. The van der Waals surface area contributed by atoms with Crippen LogP contribution in [0.25, 0.3) is 0 Å². The molecule has 0 amide bonds. The predicted octanol–water partition coefficient (Wildman–Crippen LogP) is 4.68. The van der Waals surface area contributed by atoms with Crippen LogP contribution in [0.4, 0.5) is 23.1 Å². The summed E-state index contributed by atoms with van der Waals surface area (Å²) in [5.41, 5.74) is 0.976. The second kappa shape index (κ2) is 11.3. The molecule has 1 aliphatic heterocycles. The molecule has 36 heavy (non-hydrogen) atoms. The maximum absolute atomic E-state index is 12.7. The van der Waals surface area contributed by atoms with Gasteiger partial charge >= 0.3 is 0 Å². The molecule has 0 unspecified atom stereocenters. The van der Waals surface area contributed by atoms with Crippen LogP contribution in [0, 0.1) is 0 Å². The van der Waals surface area contributed by atoms with Crippen molar-refractivity contribution >= 4 is 67.6 Å². The van der Waals surface area contributed by atoms with Crippen molar-refractivity contribution in [3.8, 4) is 11.5 Å². The van der Waals surface area contributed by atoms with Crippen molar-refractivity contribution in [1.29, 1.82) is 0 Å². The lowest BCUT2D eigenvalue weighted by molar-refractivity contribution is 0.217. The maximum atomic E-state index is 12.7. The number of hydrogen-bond donors (Lipinski definition) is 2. The number of ether oxygens (including phenoxy) is 2. The van der Waals surface area contributed by atoms with E-state index in [1.165, 1.54) is 26.4 Å². The Morgan fingerprint density at radius 1 is 1.17 bits per heavy atom. The van der Waals surface area contributed by atoms with Crippen molar-refractivity contribution < 1.29 is 17.9 Å². The van der Waals surface area contributed by atoms with E-state index in [4.69, 9.17) is 21.1 Å². The highest BCUT2D eigenvalue weighted by molar-refractivity contribution is 14.1. The van der Waals surface area contributed by atoms with Gasteiger partial charge in [-0.25, -0.2) is 20.8 Å². The van der Waals surface area contributed by atoms with E-state index in [9.17, 15) is 8.42 Å². The van der Waals surface area contributed by atoms with Gasteiger partial charge in [-0.15, -0.1) is 0 Å². The number of sulfonamides is 1. The van der Waals surface area contributed by atoms with Crippen LogP contribution in [0.5, 0.6) is 11.5 Å². The van der Waals surface area contributed by atoms with Gasteiger partial charge in [0.05, 0.1) is 24.7 Å². The van der Waals surface area contributed by atoms with E-state index in [1.54, 1.807) is 25.3 Å². The first-order valence-corrected chi connectivity index (χ1v) is 13.8. The van der Waals surface area contributed by atoms with Crippen LogP contribution in [-0.4, -0.2) is 66.2 Å². The maximum Gasteiger partial charge on any atom is 0.244 e. The molecule has 2 N–H and O–H groups in total. The Morgan fingerprint density at radius 3 is 2.64 bits per heavy atom. The largest absolute Gasteiger partial charge is 0.494 e. The minimum atomic E-state index is -3.69. The van der Waals surface area contributed by atoms with Gasteiger partial charge in [-0.3, -0.25) is 0 Å². The summed E-state index contributed by atoms with van der Waals surface area (Å²) >= 11 is 8.63. The van der Waals surface area contributed by atoms with E-state index >= 15 is 0 Å². The van der Waals surface area contributed by atoms with Gasteiger partial charge in [0.25, 0.3) is 0 Å². The van der Waals surface area contributed by atoms with Gasteiger partial charge in [0.2, 0.25) is 16.0 Å². The fourth-order valence-corrected chi connectivity index (χ4v) is 5.48. The van der Waals surface area contributed by atoms with Crippen LogP contribution < -0.4 is 20.1 Å². The van der Waals surface area contributed by atoms with Crippen LogP contribution in [0.1, 0.15) is 6.42 Å². The molecule has 0 aliphatic carbocycles. The molecule has 1 fully saturated rings. The van der Waals surface area contributed by atoms with Gasteiger partial charge < -0.3 is 20.1 Å². The third-order valence-electron chi connectivity index (χ3n) is 5.46. The number of nitrogens with one attached hydrogen (secondary N) is 2. The van der Waals surface area contributed by atoms with E-state index in [-0.39, 0.29) is 27.8 Å². The molecule has 192 valence electrons. The lowest BCUT2D eigenvalue weighted by atomic mass is 10.2. The van der Waals surface area contributed by atoms with E-state index in [0.29, 0.717) is 22.9 Å². The Morgan fingerprint density at radius 2 is 1.94 bits per heavy atom. The highest BCUT2D eigenvalue weighted by atomic mass is 127. The number of halogens is 2. The molecule has 2 aromatic carbocycles. The van der Waals surface area contributed by atoms with Crippen LogP contribution in [0.3, 0.4) is 0 Å². The number of benzene rings is 2. The minimum absolute atomic E-state index is 0.101. The van der Waals surface area contributed by atoms with Crippen molar-refractivity contribution in [2.45, 2.75) is 17.4 Å². The molecular weight excluding hydrogens is 619 g/mol. The van der Waals surface area contributed by atoms with Gasteiger partial charge in [0.1, 0.15) is 27.5 Å². The van der Waals surface area contributed by atoms with E-state index in [0.717, 1.165) is 23.8 Å². The SMILES string of the molecule is COc1cc(O[C@H]2CCN(I)C2)ccc1Nc1ncc(Cl)c(Nc2ccccc2S(=O)(=O)N(C)C)n1. The summed E-state index contributed by atoms with van der Waals surface area (Å²) in [6, 6.07) is 12.0. The Labute approximate surface area is 229 Å². The normalized spacial score (nSPS) is 16.2. The van der Waals surface area contributed by atoms with E-state index in [1.807, 2.05) is 18.2 Å². The van der Waals surface area contributed by atoms with Gasteiger partial charge in [-0.2, -0.15) is 4.98 Å². The van der Waals surface area contributed by atoms with Crippen LogP contribution in [0.2, 0.25) is 5.02 Å². The fraction of sp³-hybridized carbons (Fsp3) is 0.304. The van der Waals surface area contributed by atoms with Crippen LogP contribution in [-0.2, 0) is 10.0 Å². The third kappa shape index (κ3) is 6.11. The Bertz CT molecular complexity index is 1340. The molecule has 10 nitrogen and oxygen atoms in total. The van der Waals surface area contributed by atoms with Crippen molar-refractivity contribution in [3.05, 3.63) is 53.7 Å². The van der Waals surface area contributed by atoms with Gasteiger partial charge in [0, 0.05) is 56.1 Å². The molecule has 0 spiro atoms. The van der Waals surface area contributed by atoms with Crippen LogP contribution in [0.15, 0.2) is 53.6 Å². The molecule has 3 aromatic rings. The highest BCUT2D eigenvalue weighted by Gasteiger charge is 2.23. The summed E-state index contributed by atoms with van der Waals surface area (Å²) in [7, 11) is 0.834. The highest BCUT2D eigenvalue weighted by Crippen LogP contribution is 2.34. The lowest BCUT2D eigenvalue weighted by Gasteiger charge is -2.17. The topological polar surface area (TPSA) is 109 Å². The van der Waals surface area contributed by atoms with Crippen molar-refractivity contribution in [2.24, 2.45) is 0 Å². The minimum Gasteiger partial charge on any atom is -0.494 e. The number of rotatable bonds is 9. The quantitative estimate of drug-likeness (QED) is 0.254. The zero-order chi connectivity index (χ0) is 25.9. The Kier molecular flexibility index (Phi) is 8.40. The van der Waals surface area contributed by atoms with Crippen molar-refractivity contribution in [1.82, 2.24) is 17.4 Å². The lowest BCUT2D eigenvalue weighted by Crippen LogP contribution is -2.23. The van der Waals surface area contributed by atoms with Gasteiger partial charge in [-0.1, -0.05) is 23.7 Å². The molecule has 4 rings (SSSR count). The second-order valence-electron chi connectivity index (χ2n) is 8.18. The summed E-state index contributed by atoms with van der Waals surface area (Å²) in [6.07, 6.45) is 2.54. The summed E-state index contributed by atoms with van der Waals surface area (Å²) in [5.74, 6) is 1.77. The summed E-state index contributed by atoms with van der Waals surface area (Å²) in [6.45, 7) is 1.87. The second-order valence-corrected chi connectivity index (χ2v) is 12.1. The van der Waals surface area contributed by atoms with E-state index < -0.39 is 10.0 Å². The number of anilines is 4. The summed E-state index contributed by atoms with van der Waals surface area (Å²) in [4.78, 5) is 8.81. The predicted molar refractivity (Wildman–Crippen MR) is 149 cm³/mol. The third-order valence-corrected chi connectivity index (χ3v) is 8.49. The molecule has 2 heterocycles. The number of methoxy groups -OCH3 is 1.